The summed E-state index contributed by atoms with van der Waals surface area (Å²) in [7, 11) is -1.95. The maximum atomic E-state index is 13.9. The molecule has 0 aliphatic carbocycles. The third-order valence-corrected chi connectivity index (χ3v) is 7.97. The maximum Gasteiger partial charge on any atom is 0.252 e. The van der Waals surface area contributed by atoms with Crippen molar-refractivity contribution >= 4 is 15.9 Å². The summed E-state index contributed by atoms with van der Waals surface area (Å²) >= 11 is 0. The van der Waals surface area contributed by atoms with Gasteiger partial charge in [-0.25, -0.2) is 17.8 Å². The summed E-state index contributed by atoms with van der Waals surface area (Å²) < 4.78 is 43.8. The van der Waals surface area contributed by atoms with Crippen LogP contribution in [0.4, 0.5) is 4.39 Å². The molecule has 1 saturated heterocycles. The van der Waals surface area contributed by atoms with E-state index in [-0.39, 0.29) is 22.3 Å². The Hall–Kier alpha value is -3.04. The molecule has 1 fully saturated rings. The van der Waals surface area contributed by atoms with Gasteiger partial charge in [0.2, 0.25) is 10.0 Å². The SMILES string of the molecule is C[C@@H]1C[C@@H](C)CN(S(=O)(=O)c2cccc(C(=O)N[C@@H](c3cccc(F)c3)c3nccn3C)c2)C1. The molecule has 0 radical (unpaired) electrons. The second-order valence-electron chi connectivity index (χ2n) is 9.15. The molecule has 3 atom stereocenters. The van der Waals surface area contributed by atoms with E-state index in [0.717, 1.165) is 6.42 Å². The van der Waals surface area contributed by atoms with Gasteiger partial charge in [-0.1, -0.05) is 32.0 Å². The van der Waals surface area contributed by atoms with Gasteiger partial charge >= 0.3 is 0 Å². The van der Waals surface area contributed by atoms with Crippen molar-refractivity contribution in [3.63, 3.8) is 0 Å². The van der Waals surface area contributed by atoms with Gasteiger partial charge in [-0.2, -0.15) is 4.31 Å². The second-order valence-corrected chi connectivity index (χ2v) is 11.1. The predicted octanol–water partition coefficient (Wildman–Crippen LogP) is 3.75. The molecule has 0 bridgehead atoms. The highest BCUT2D eigenvalue weighted by atomic mass is 32.2. The lowest BCUT2D eigenvalue weighted by Crippen LogP contribution is -2.42. The van der Waals surface area contributed by atoms with Crippen LogP contribution in [0.2, 0.25) is 0 Å². The van der Waals surface area contributed by atoms with Gasteiger partial charge in [0.15, 0.2) is 0 Å². The molecule has 1 aliphatic rings. The molecule has 34 heavy (non-hydrogen) atoms. The molecule has 0 unspecified atom stereocenters. The number of carbonyl (C=O) groups is 1. The quantitative estimate of drug-likeness (QED) is 0.578. The Kier molecular flexibility index (Phi) is 6.86. The first-order chi connectivity index (χ1) is 16.1. The summed E-state index contributed by atoms with van der Waals surface area (Å²) in [6.07, 6.45) is 4.33. The number of aryl methyl sites for hydroxylation is 1. The van der Waals surface area contributed by atoms with Crippen LogP contribution in [-0.4, -0.2) is 41.3 Å². The molecule has 9 heteroatoms. The standard InChI is InChI=1S/C25H29FN4O3S/c1-17-12-18(2)16-30(15-17)34(32,33)22-9-5-7-20(14-22)25(31)28-23(24-27-10-11-29(24)3)19-6-4-8-21(26)13-19/h4-11,13-14,17-18,23H,12,15-16H2,1-3H3,(H,28,31)/t17-,18-,23+/m1/s1. The number of hydrogen-bond donors (Lipinski definition) is 1. The van der Waals surface area contributed by atoms with Crippen molar-refractivity contribution in [2.24, 2.45) is 18.9 Å². The van der Waals surface area contributed by atoms with Crippen LogP contribution < -0.4 is 5.32 Å². The number of aromatic nitrogens is 2. The average molecular weight is 485 g/mol. The van der Waals surface area contributed by atoms with E-state index in [0.29, 0.717) is 24.5 Å². The Morgan fingerprint density at radius 3 is 2.47 bits per heavy atom. The van der Waals surface area contributed by atoms with Gasteiger partial charge in [-0.3, -0.25) is 4.79 Å². The average Bonchev–Trinajstić information content (AvgIpc) is 3.22. The first-order valence-electron chi connectivity index (χ1n) is 11.3. The number of nitrogens with zero attached hydrogens (tertiary/aromatic N) is 3. The molecule has 2 aromatic carbocycles. The summed E-state index contributed by atoms with van der Waals surface area (Å²) in [5, 5.41) is 2.90. The van der Waals surface area contributed by atoms with E-state index < -0.39 is 27.8 Å². The lowest BCUT2D eigenvalue weighted by Gasteiger charge is -2.34. The molecule has 0 saturated carbocycles. The Morgan fingerprint density at radius 1 is 1.12 bits per heavy atom. The minimum absolute atomic E-state index is 0.0840. The molecule has 4 rings (SSSR count). The van der Waals surface area contributed by atoms with Crippen molar-refractivity contribution in [2.45, 2.75) is 31.2 Å². The van der Waals surface area contributed by atoms with Crippen molar-refractivity contribution < 1.29 is 17.6 Å². The van der Waals surface area contributed by atoms with E-state index in [1.54, 1.807) is 48.3 Å². The van der Waals surface area contributed by atoms with Crippen LogP contribution in [0, 0.1) is 17.7 Å². The maximum absolute atomic E-state index is 13.9. The molecule has 2 heterocycles. The summed E-state index contributed by atoms with van der Waals surface area (Å²) in [6, 6.07) is 11.3. The van der Waals surface area contributed by atoms with E-state index in [2.05, 4.69) is 10.3 Å². The zero-order valence-corrected chi connectivity index (χ0v) is 20.3. The summed E-state index contributed by atoms with van der Waals surface area (Å²) in [4.78, 5) is 17.6. The molecular weight excluding hydrogens is 455 g/mol. The highest BCUT2D eigenvalue weighted by Crippen LogP contribution is 2.27. The number of sulfonamides is 1. The fraction of sp³-hybridized carbons (Fsp3) is 0.360. The number of imidazole rings is 1. The lowest BCUT2D eigenvalue weighted by molar-refractivity contribution is 0.0941. The number of carbonyl (C=O) groups excluding carboxylic acids is 1. The van der Waals surface area contributed by atoms with Crippen molar-refractivity contribution in [1.82, 2.24) is 19.2 Å². The normalized spacial score (nSPS) is 20.1. The highest BCUT2D eigenvalue weighted by molar-refractivity contribution is 7.89. The van der Waals surface area contributed by atoms with Crippen LogP contribution in [0.3, 0.4) is 0 Å². The number of piperidine rings is 1. The van der Waals surface area contributed by atoms with E-state index in [4.69, 9.17) is 0 Å². The smallest absolute Gasteiger partial charge is 0.252 e. The highest BCUT2D eigenvalue weighted by Gasteiger charge is 2.32. The molecule has 1 N–H and O–H groups in total. The van der Waals surface area contributed by atoms with Gasteiger partial charge in [0.25, 0.3) is 5.91 Å². The summed E-state index contributed by atoms with van der Waals surface area (Å²) in [5.74, 6) is 0.169. The molecule has 1 amide bonds. The molecule has 1 aromatic heterocycles. The van der Waals surface area contributed by atoms with Gasteiger partial charge in [0, 0.05) is 38.1 Å². The minimum atomic E-state index is -3.73. The summed E-state index contributed by atoms with van der Waals surface area (Å²) in [6.45, 7) is 5.02. The van der Waals surface area contributed by atoms with Crippen molar-refractivity contribution in [1.29, 1.82) is 0 Å². The van der Waals surface area contributed by atoms with Crippen LogP contribution in [0.25, 0.3) is 0 Å². The van der Waals surface area contributed by atoms with Crippen LogP contribution in [0.15, 0.2) is 65.8 Å². The lowest BCUT2D eigenvalue weighted by atomic mass is 9.94. The van der Waals surface area contributed by atoms with Crippen LogP contribution in [-0.2, 0) is 17.1 Å². The number of rotatable bonds is 6. The fourth-order valence-electron chi connectivity index (χ4n) is 4.60. The topological polar surface area (TPSA) is 84.3 Å². The minimum Gasteiger partial charge on any atom is -0.338 e. The number of nitrogens with one attached hydrogen (secondary N) is 1. The van der Waals surface area contributed by atoms with Crippen molar-refractivity contribution in [2.75, 3.05) is 13.1 Å². The van der Waals surface area contributed by atoms with Crippen LogP contribution >= 0.6 is 0 Å². The first kappa shape index (κ1) is 24.1. The summed E-state index contributed by atoms with van der Waals surface area (Å²) in [5.41, 5.74) is 0.734. The third kappa shape index (κ3) is 5.05. The Morgan fingerprint density at radius 2 is 1.82 bits per heavy atom. The molecule has 180 valence electrons. The molecule has 0 spiro atoms. The number of hydrogen-bond acceptors (Lipinski definition) is 4. The zero-order chi connectivity index (χ0) is 24.5. The zero-order valence-electron chi connectivity index (χ0n) is 19.5. The Labute approximate surface area is 199 Å². The van der Waals surface area contributed by atoms with Crippen molar-refractivity contribution in [3.05, 3.63) is 83.7 Å². The number of halogens is 1. The second kappa shape index (κ2) is 9.68. The first-order valence-corrected chi connectivity index (χ1v) is 12.7. The van der Waals surface area contributed by atoms with E-state index in [1.165, 1.54) is 28.6 Å². The van der Waals surface area contributed by atoms with E-state index >= 15 is 0 Å². The number of benzene rings is 2. The predicted molar refractivity (Wildman–Crippen MR) is 127 cm³/mol. The van der Waals surface area contributed by atoms with Gasteiger partial charge in [-0.05, 0) is 54.2 Å². The number of amides is 1. The van der Waals surface area contributed by atoms with Gasteiger partial charge in [-0.15, -0.1) is 0 Å². The van der Waals surface area contributed by atoms with Crippen LogP contribution in [0.5, 0.6) is 0 Å². The van der Waals surface area contributed by atoms with Crippen LogP contribution in [0.1, 0.15) is 48.1 Å². The molecule has 3 aromatic rings. The van der Waals surface area contributed by atoms with Gasteiger partial charge in [0.1, 0.15) is 17.7 Å². The van der Waals surface area contributed by atoms with E-state index in [1.807, 2.05) is 13.8 Å². The Bertz CT molecular complexity index is 1280. The molecule has 1 aliphatic heterocycles. The van der Waals surface area contributed by atoms with E-state index in [9.17, 15) is 17.6 Å². The van der Waals surface area contributed by atoms with Crippen molar-refractivity contribution in [3.8, 4) is 0 Å². The largest absolute Gasteiger partial charge is 0.338 e. The fourth-order valence-corrected chi connectivity index (χ4v) is 6.33. The Balaban J connectivity index is 1.63. The van der Waals surface area contributed by atoms with Gasteiger partial charge < -0.3 is 9.88 Å². The molecule has 7 nitrogen and oxygen atoms in total. The third-order valence-electron chi connectivity index (χ3n) is 6.14. The molecular formula is C25H29FN4O3S. The monoisotopic (exact) mass is 484 g/mol. The van der Waals surface area contributed by atoms with Gasteiger partial charge in [0.05, 0.1) is 4.90 Å².